The summed E-state index contributed by atoms with van der Waals surface area (Å²) in [6.45, 7) is 2.70. The van der Waals surface area contributed by atoms with E-state index >= 15 is 0 Å². The fraction of sp³-hybridized carbons (Fsp3) is 0.156. The number of esters is 1. The van der Waals surface area contributed by atoms with Crippen LogP contribution >= 0.6 is 0 Å². The first-order chi connectivity index (χ1) is 20.8. The number of hydrogen-bond acceptors (Lipinski definition) is 8. The van der Waals surface area contributed by atoms with Crippen molar-refractivity contribution < 1.29 is 32.2 Å². The number of carbonyl (C=O) groups is 2. The lowest BCUT2D eigenvalue weighted by Crippen LogP contribution is -2.18. The lowest BCUT2D eigenvalue weighted by molar-refractivity contribution is 0.0729. The Morgan fingerprint density at radius 1 is 0.860 bits per heavy atom. The first-order valence-corrected chi connectivity index (χ1v) is 14.9. The summed E-state index contributed by atoms with van der Waals surface area (Å²) in [6, 6.07) is 25.4. The van der Waals surface area contributed by atoms with Crippen molar-refractivity contribution in [3.05, 3.63) is 114 Å². The van der Waals surface area contributed by atoms with Gasteiger partial charge in [0.2, 0.25) is 0 Å². The van der Waals surface area contributed by atoms with Crippen LogP contribution in [0.3, 0.4) is 0 Å². The predicted octanol–water partition coefficient (Wildman–Crippen LogP) is 5.66. The van der Waals surface area contributed by atoms with Gasteiger partial charge in [0.15, 0.2) is 11.5 Å². The molecule has 4 aromatic carbocycles. The Labute approximate surface area is 250 Å². The molecular formula is C32H31N3O7S. The van der Waals surface area contributed by atoms with Crippen molar-refractivity contribution in [2.45, 2.75) is 24.7 Å². The Hall–Kier alpha value is -5.16. The van der Waals surface area contributed by atoms with E-state index in [-0.39, 0.29) is 16.2 Å². The molecule has 4 aromatic rings. The molecule has 0 saturated heterocycles. The zero-order valence-electron chi connectivity index (χ0n) is 23.6. The van der Waals surface area contributed by atoms with Gasteiger partial charge in [-0.3, -0.25) is 9.52 Å². The molecule has 4 rings (SSSR count). The van der Waals surface area contributed by atoms with E-state index in [4.69, 9.17) is 14.2 Å². The second kappa shape index (κ2) is 14.6. The van der Waals surface area contributed by atoms with Gasteiger partial charge in [-0.25, -0.2) is 18.6 Å². The van der Waals surface area contributed by atoms with Gasteiger partial charge in [-0.1, -0.05) is 31.5 Å². The smallest absolute Gasteiger partial charge is 0.343 e. The highest BCUT2D eigenvalue weighted by Gasteiger charge is 2.15. The van der Waals surface area contributed by atoms with Crippen molar-refractivity contribution in [2.24, 2.45) is 5.10 Å². The van der Waals surface area contributed by atoms with Gasteiger partial charge in [-0.2, -0.15) is 5.10 Å². The van der Waals surface area contributed by atoms with Gasteiger partial charge >= 0.3 is 5.97 Å². The lowest BCUT2D eigenvalue weighted by atomic mass is 10.2. The summed E-state index contributed by atoms with van der Waals surface area (Å²) in [6.07, 6.45) is 3.39. The van der Waals surface area contributed by atoms with Gasteiger partial charge in [0.25, 0.3) is 15.9 Å². The van der Waals surface area contributed by atoms with Gasteiger partial charge < -0.3 is 14.2 Å². The Morgan fingerprint density at radius 2 is 1.56 bits per heavy atom. The van der Waals surface area contributed by atoms with Crippen LogP contribution < -0.4 is 24.4 Å². The predicted molar refractivity (Wildman–Crippen MR) is 164 cm³/mol. The third-order valence-electron chi connectivity index (χ3n) is 6.08. The second-order valence-corrected chi connectivity index (χ2v) is 10.9. The fourth-order valence-corrected chi connectivity index (χ4v) is 4.84. The summed E-state index contributed by atoms with van der Waals surface area (Å²) in [5.41, 5.74) is 3.95. The molecule has 0 unspecified atom stereocenters. The average molecular weight is 602 g/mol. The molecule has 0 aliphatic heterocycles. The van der Waals surface area contributed by atoms with Crippen molar-refractivity contribution in [3.8, 4) is 17.2 Å². The summed E-state index contributed by atoms with van der Waals surface area (Å²) in [5, 5.41) is 3.98. The number of hydrogen-bond donors (Lipinski definition) is 2. The van der Waals surface area contributed by atoms with Crippen LogP contribution in [-0.2, 0) is 10.0 Å². The maximum atomic E-state index is 12.6. The van der Waals surface area contributed by atoms with Crippen LogP contribution in [0, 0.1) is 0 Å². The third kappa shape index (κ3) is 8.66. The summed E-state index contributed by atoms with van der Waals surface area (Å²) >= 11 is 0. The van der Waals surface area contributed by atoms with Crippen LogP contribution in [-0.4, -0.2) is 40.2 Å². The maximum Gasteiger partial charge on any atom is 0.343 e. The SMILES string of the molecule is CCCCOc1ccc(C(=O)Oc2ccc(C=NNC(=O)c3ccc(NS(=O)(=O)c4ccccc4)cc3)cc2OC)cc1. The number of benzene rings is 4. The highest BCUT2D eigenvalue weighted by molar-refractivity contribution is 7.92. The lowest BCUT2D eigenvalue weighted by Gasteiger charge is -2.10. The van der Waals surface area contributed by atoms with E-state index in [2.05, 4.69) is 22.2 Å². The van der Waals surface area contributed by atoms with Crippen LogP contribution in [0.2, 0.25) is 0 Å². The molecule has 0 saturated carbocycles. The summed E-state index contributed by atoms with van der Waals surface area (Å²) in [4.78, 5) is 25.3. The number of rotatable bonds is 13. The van der Waals surface area contributed by atoms with Crippen LogP contribution in [0.15, 0.2) is 107 Å². The summed E-state index contributed by atoms with van der Waals surface area (Å²) in [7, 11) is -2.30. The Bertz CT molecular complexity index is 1670. The van der Waals surface area contributed by atoms with E-state index in [0.717, 1.165) is 12.8 Å². The van der Waals surface area contributed by atoms with Crippen LogP contribution in [0.5, 0.6) is 17.2 Å². The third-order valence-corrected chi connectivity index (χ3v) is 7.48. The highest BCUT2D eigenvalue weighted by Crippen LogP contribution is 2.28. The molecule has 0 aliphatic carbocycles. The minimum Gasteiger partial charge on any atom is -0.494 e. The van der Waals surface area contributed by atoms with Crippen molar-refractivity contribution in [1.29, 1.82) is 0 Å². The van der Waals surface area contributed by atoms with E-state index in [1.54, 1.807) is 60.7 Å². The number of ether oxygens (including phenoxy) is 3. The average Bonchev–Trinajstić information content (AvgIpc) is 3.02. The minimum atomic E-state index is -3.74. The molecule has 0 aromatic heterocycles. The van der Waals surface area contributed by atoms with E-state index in [0.29, 0.717) is 34.9 Å². The minimum absolute atomic E-state index is 0.132. The Morgan fingerprint density at radius 3 is 2.23 bits per heavy atom. The molecular weight excluding hydrogens is 570 g/mol. The molecule has 222 valence electrons. The number of amides is 1. The number of unbranched alkanes of at least 4 members (excludes halogenated alkanes) is 1. The summed E-state index contributed by atoms with van der Waals surface area (Å²) in [5.74, 6) is 0.164. The van der Waals surface area contributed by atoms with E-state index in [9.17, 15) is 18.0 Å². The molecule has 2 N–H and O–H groups in total. The molecule has 0 spiro atoms. The van der Waals surface area contributed by atoms with Crippen molar-refractivity contribution in [1.82, 2.24) is 5.43 Å². The second-order valence-electron chi connectivity index (χ2n) is 9.22. The van der Waals surface area contributed by atoms with Gasteiger partial charge in [-0.05, 0) is 90.8 Å². The van der Waals surface area contributed by atoms with Gasteiger partial charge in [-0.15, -0.1) is 0 Å². The summed E-state index contributed by atoms with van der Waals surface area (Å²) < 4.78 is 44.0. The first-order valence-electron chi connectivity index (χ1n) is 13.4. The standard InChI is InChI=1S/C32H31N3O7S/c1-3-4-20-41-27-17-13-25(14-18-27)32(37)42-29-19-10-23(21-30(29)40-2)22-33-34-31(36)24-11-15-26(16-12-24)35-43(38,39)28-8-6-5-7-9-28/h5-19,21-22,35H,3-4,20H2,1-2H3,(H,34,36). The first kappa shape index (κ1) is 30.8. The number of hydrazone groups is 1. The fourth-order valence-electron chi connectivity index (χ4n) is 3.76. The molecule has 0 bridgehead atoms. The zero-order chi connectivity index (χ0) is 30.7. The van der Waals surface area contributed by atoms with Gasteiger partial charge in [0.1, 0.15) is 5.75 Å². The largest absolute Gasteiger partial charge is 0.494 e. The molecule has 43 heavy (non-hydrogen) atoms. The molecule has 1 amide bonds. The van der Waals surface area contributed by atoms with Crippen molar-refractivity contribution in [3.63, 3.8) is 0 Å². The molecule has 0 aliphatic rings. The Balaban J connectivity index is 1.32. The molecule has 0 atom stereocenters. The van der Waals surface area contributed by atoms with Gasteiger partial charge in [0, 0.05) is 11.3 Å². The number of carbonyl (C=O) groups excluding carboxylic acids is 2. The van der Waals surface area contributed by atoms with Gasteiger partial charge in [0.05, 0.1) is 30.4 Å². The zero-order valence-corrected chi connectivity index (χ0v) is 24.5. The monoisotopic (exact) mass is 601 g/mol. The number of nitrogens with one attached hydrogen (secondary N) is 2. The van der Waals surface area contributed by atoms with Crippen molar-refractivity contribution in [2.75, 3.05) is 18.4 Å². The topological polar surface area (TPSA) is 132 Å². The van der Waals surface area contributed by atoms with E-state index in [1.165, 1.54) is 49.7 Å². The molecule has 0 fully saturated rings. The van der Waals surface area contributed by atoms with Crippen LogP contribution in [0.25, 0.3) is 0 Å². The van der Waals surface area contributed by atoms with Crippen LogP contribution in [0.1, 0.15) is 46.0 Å². The van der Waals surface area contributed by atoms with Crippen LogP contribution in [0.4, 0.5) is 5.69 Å². The molecule has 0 heterocycles. The number of methoxy groups -OCH3 is 1. The maximum absolute atomic E-state index is 12.6. The number of sulfonamides is 1. The number of nitrogens with zero attached hydrogens (tertiary/aromatic N) is 1. The normalized spacial score (nSPS) is 11.1. The van der Waals surface area contributed by atoms with E-state index < -0.39 is 21.9 Å². The Kier molecular flexibility index (Phi) is 10.5. The molecule has 11 heteroatoms. The highest BCUT2D eigenvalue weighted by atomic mass is 32.2. The number of anilines is 1. The van der Waals surface area contributed by atoms with E-state index in [1.807, 2.05) is 0 Å². The molecule has 10 nitrogen and oxygen atoms in total. The van der Waals surface area contributed by atoms with Crippen molar-refractivity contribution >= 4 is 33.8 Å². The quantitative estimate of drug-likeness (QED) is 0.0665. The molecule has 0 radical (unpaired) electrons.